The Hall–Kier alpha value is -0.770. The smallest absolute Gasteiger partial charge is 0.410 e. The highest BCUT2D eigenvalue weighted by Gasteiger charge is 2.38. The number of hydrogen-bond acceptors (Lipinski definition) is 3. The Bertz CT molecular complexity index is 149. The highest BCUT2D eigenvalue weighted by Crippen LogP contribution is 2.21. The number of hydrogen-bond donors (Lipinski definition) is 1. The van der Waals surface area contributed by atoms with E-state index in [1.165, 1.54) is 0 Å². The topological polar surface area (TPSA) is 49.5 Å². The summed E-state index contributed by atoms with van der Waals surface area (Å²) >= 11 is 0. The molecule has 1 amide bonds. The van der Waals surface area contributed by atoms with E-state index in [1.807, 2.05) is 0 Å². The van der Waals surface area contributed by atoms with Gasteiger partial charge in [-0.05, 0) is 13.3 Å². The van der Waals surface area contributed by atoms with Crippen LogP contribution in [0.25, 0.3) is 0 Å². The molecule has 0 saturated carbocycles. The van der Waals surface area contributed by atoms with Crippen LogP contribution in [0.3, 0.4) is 0 Å². The number of carbonyl (C=O) groups is 1. The Kier molecular flexibility index (Phi) is 2.70. The number of aliphatic hydroxyl groups is 1. The van der Waals surface area contributed by atoms with E-state index in [2.05, 4.69) is 0 Å². The van der Waals surface area contributed by atoms with Gasteiger partial charge in [0, 0.05) is 13.2 Å². The molecule has 0 aliphatic carbocycles. The minimum Gasteiger partial charge on any atom is -0.450 e. The molecule has 0 aromatic rings. The normalized spacial score (nSPS) is 21.6. The first-order valence-corrected chi connectivity index (χ1v) is 3.83. The number of nitrogens with zero attached hydrogens (tertiary/aromatic N) is 1. The van der Waals surface area contributed by atoms with Gasteiger partial charge in [0.1, 0.15) is 0 Å². The number of ether oxygens (including phenoxy) is 1. The second kappa shape index (κ2) is 3.57. The maximum atomic E-state index is 10.9. The van der Waals surface area contributed by atoms with Gasteiger partial charge in [-0.1, -0.05) is 0 Å². The Morgan fingerprint density at radius 2 is 2.55 bits per heavy atom. The molecule has 4 nitrogen and oxygen atoms in total. The van der Waals surface area contributed by atoms with Crippen molar-refractivity contribution in [1.29, 1.82) is 0 Å². The molecule has 0 aromatic carbocycles. The Labute approximate surface area is 65.8 Å². The van der Waals surface area contributed by atoms with Crippen LogP contribution in [0.4, 0.5) is 4.79 Å². The maximum absolute atomic E-state index is 10.9. The Morgan fingerprint density at radius 1 is 1.82 bits per heavy atom. The Balaban J connectivity index is 2.15. The van der Waals surface area contributed by atoms with E-state index in [0.717, 1.165) is 6.54 Å². The molecule has 0 spiro atoms. The maximum Gasteiger partial charge on any atom is 0.410 e. The molecule has 1 aliphatic heterocycles. The number of amides is 1. The van der Waals surface area contributed by atoms with Crippen LogP contribution in [0.15, 0.2) is 0 Å². The zero-order valence-corrected chi connectivity index (χ0v) is 6.62. The first kappa shape index (κ1) is 8.33. The molecule has 0 radical (unpaired) electrons. The van der Waals surface area contributed by atoms with Gasteiger partial charge in [-0.2, -0.15) is 0 Å². The van der Waals surface area contributed by atoms with Gasteiger partial charge in [-0.15, -0.1) is 0 Å². The minimum absolute atomic E-state index is 0.139. The van der Waals surface area contributed by atoms with Crippen LogP contribution >= 0.6 is 0 Å². The molecular formula is C7H13NO3. The number of rotatable bonds is 3. The van der Waals surface area contributed by atoms with Gasteiger partial charge >= 0.3 is 6.09 Å². The van der Waals surface area contributed by atoms with Gasteiger partial charge in [0.25, 0.3) is 0 Å². The van der Waals surface area contributed by atoms with E-state index < -0.39 is 0 Å². The highest BCUT2D eigenvalue weighted by molar-refractivity contribution is 5.70. The quantitative estimate of drug-likeness (QED) is 0.599. The predicted octanol–water partition coefficient (Wildman–Crippen LogP) is 0.210. The van der Waals surface area contributed by atoms with Gasteiger partial charge < -0.3 is 14.7 Å². The van der Waals surface area contributed by atoms with Gasteiger partial charge in [0.2, 0.25) is 0 Å². The highest BCUT2D eigenvalue weighted by atomic mass is 16.6. The summed E-state index contributed by atoms with van der Waals surface area (Å²) in [4.78, 5) is 12.5. The largest absolute Gasteiger partial charge is 0.450 e. The molecule has 1 aliphatic rings. The second-order valence-corrected chi connectivity index (χ2v) is 2.52. The lowest BCUT2D eigenvalue weighted by molar-refractivity contribution is 0.133. The average molecular weight is 159 g/mol. The van der Waals surface area contributed by atoms with Crippen molar-refractivity contribution >= 4 is 6.09 Å². The number of carbonyl (C=O) groups excluding carboxylic acids is 1. The molecule has 4 heteroatoms. The first-order chi connectivity index (χ1) is 5.29. The van der Waals surface area contributed by atoms with Gasteiger partial charge in [-0.3, -0.25) is 0 Å². The van der Waals surface area contributed by atoms with Crippen LogP contribution in [-0.4, -0.2) is 41.9 Å². The second-order valence-electron chi connectivity index (χ2n) is 2.52. The zero-order chi connectivity index (χ0) is 8.27. The lowest BCUT2D eigenvalue weighted by Crippen LogP contribution is -2.15. The van der Waals surface area contributed by atoms with Crippen LogP contribution in [0.5, 0.6) is 0 Å². The summed E-state index contributed by atoms with van der Waals surface area (Å²) < 4.78 is 4.75. The van der Waals surface area contributed by atoms with Gasteiger partial charge in [-0.25, -0.2) is 4.79 Å². The minimum atomic E-state index is -0.258. The molecular weight excluding hydrogens is 146 g/mol. The van der Waals surface area contributed by atoms with Crippen molar-refractivity contribution in [1.82, 2.24) is 4.90 Å². The van der Waals surface area contributed by atoms with Crippen molar-refractivity contribution in [2.75, 3.05) is 19.8 Å². The molecule has 11 heavy (non-hydrogen) atoms. The SMILES string of the molecule is CCOC(=O)N1CC1CCO. The fourth-order valence-electron chi connectivity index (χ4n) is 1.01. The van der Waals surface area contributed by atoms with Crippen LogP contribution < -0.4 is 0 Å². The third kappa shape index (κ3) is 2.08. The van der Waals surface area contributed by atoms with Crippen molar-refractivity contribution in [3.05, 3.63) is 0 Å². The predicted molar refractivity (Wildman–Crippen MR) is 39.2 cm³/mol. The standard InChI is InChI=1S/C7H13NO3/c1-2-11-7(10)8-5-6(8)3-4-9/h6,9H,2-5H2,1H3. The van der Waals surface area contributed by atoms with Crippen LogP contribution in [0, 0.1) is 0 Å². The molecule has 1 N–H and O–H groups in total. The van der Waals surface area contributed by atoms with Gasteiger partial charge in [0.05, 0.1) is 12.6 Å². The van der Waals surface area contributed by atoms with Crippen LogP contribution in [0.1, 0.15) is 13.3 Å². The summed E-state index contributed by atoms with van der Waals surface area (Å²) in [6.07, 6.45) is 0.407. The lowest BCUT2D eigenvalue weighted by Gasteiger charge is -2.02. The molecule has 1 heterocycles. The monoisotopic (exact) mass is 159 g/mol. The van der Waals surface area contributed by atoms with Crippen molar-refractivity contribution in [3.8, 4) is 0 Å². The molecule has 1 fully saturated rings. The van der Waals surface area contributed by atoms with E-state index in [0.29, 0.717) is 13.0 Å². The van der Waals surface area contributed by atoms with E-state index in [9.17, 15) is 4.79 Å². The molecule has 1 atom stereocenters. The van der Waals surface area contributed by atoms with Gasteiger partial charge in [0.15, 0.2) is 0 Å². The third-order valence-electron chi connectivity index (χ3n) is 1.68. The summed E-state index contributed by atoms with van der Waals surface area (Å²) in [5, 5.41) is 8.53. The fourth-order valence-corrected chi connectivity index (χ4v) is 1.01. The van der Waals surface area contributed by atoms with Crippen molar-refractivity contribution in [3.63, 3.8) is 0 Å². The number of aliphatic hydroxyl groups excluding tert-OH is 1. The molecule has 64 valence electrons. The third-order valence-corrected chi connectivity index (χ3v) is 1.68. The lowest BCUT2D eigenvalue weighted by atomic mass is 10.3. The molecule has 1 saturated heterocycles. The van der Waals surface area contributed by atoms with E-state index in [1.54, 1.807) is 11.8 Å². The summed E-state index contributed by atoms with van der Waals surface area (Å²) in [6, 6.07) is 0.221. The van der Waals surface area contributed by atoms with Crippen LogP contribution in [-0.2, 0) is 4.74 Å². The van der Waals surface area contributed by atoms with E-state index in [-0.39, 0.29) is 18.7 Å². The zero-order valence-electron chi connectivity index (χ0n) is 6.62. The van der Waals surface area contributed by atoms with E-state index >= 15 is 0 Å². The van der Waals surface area contributed by atoms with Crippen molar-refractivity contribution in [2.24, 2.45) is 0 Å². The van der Waals surface area contributed by atoms with E-state index in [4.69, 9.17) is 9.84 Å². The summed E-state index contributed by atoms with van der Waals surface area (Å²) in [7, 11) is 0. The van der Waals surface area contributed by atoms with Crippen LogP contribution in [0.2, 0.25) is 0 Å². The first-order valence-electron chi connectivity index (χ1n) is 3.83. The molecule has 0 aromatic heterocycles. The Morgan fingerprint density at radius 3 is 3.09 bits per heavy atom. The van der Waals surface area contributed by atoms with Crippen molar-refractivity contribution < 1.29 is 14.6 Å². The fraction of sp³-hybridized carbons (Fsp3) is 0.857. The average Bonchev–Trinajstić information content (AvgIpc) is 2.69. The van der Waals surface area contributed by atoms with Crippen molar-refractivity contribution in [2.45, 2.75) is 19.4 Å². The molecule has 0 bridgehead atoms. The molecule has 1 rings (SSSR count). The summed E-state index contributed by atoms with van der Waals surface area (Å²) in [5.41, 5.74) is 0. The summed E-state index contributed by atoms with van der Waals surface area (Å²) in [6.45, 7) is 3.07. The molecule has 1 unspecified atom stereocenters. The summed E-state index contributed by atoms with van der Waals surface area (Å²) in [5.74, 6) is 0.